The lowest BCUT2D eigenvalue weighted by Gasteiger charge is -2.12. The monoisotopic (exact) mass is 278 g/mol. The van der Waals surface area contributed by atoms with Crippen LogP contribution >= 0.6 is 0 Å². The molecule has 3 heteroatoms. The molecular weight excluding hydrogens is 260 g/mol. The Hall–Kier alpha value is -2.13. The van der Waals surface area contributed by atoms with Gasteiger partial charge in [-0.2, -0.15) is 0 Å². The second kappa shape index (κ2) is 5.34. The van der Waals surface area contributed by atoms with Crippen LogP contribution in [0.25, 0.3) is 22.6 Å². The average molecular weight is 278 g/mol. The van der Waals surface area contributed by atoms with E-state index in [4.69, 9.17) is 4.42 Å². The molecule has 106 valence electrons. The summed E-state index contributed by atoms with van der Waals surface area (Å²) in [6, 6.07) is 16.9. The van der Waals surface area contributed by atoms with Gasteiger partial charge in [0, 0.05) is 11.6 Å². The number of para-hydroxylation sites is 2. The molecule has 3 aromatic rings. The first-order chi connectivity index (χ1) is 10.4. The molecule has 3 nitrogen and oxygen atoms in total. The zero-order valence-corrected chi connectivity index (χ0v) is 11.9. The van der Waals surface area contributed by atoms with Crippen LogP contribution in [0.1, 0.15) is 18.4 Å². The SMILES string of the molecule is c1ccc(-c2nc3ccccc3o2)c(CC2CCCN2)c1. The lowest BCUT2D eigenvalue weighted by Crippen LogP contribution is -2.23. The van der Waals surface area contributed by atoms with Crippen molar-refractivity contribution in [3.8, 4) is 11.5 Å². The summed E-state index contributed by atoms with van der Waals surface area (Å²) in [6.45, 7) is 1.13. The lowest BCUT2D eigenvalue weighted by atomic mass is 9.99. The van der Waals surface area contributed by atoms with E-state index in [2.05, 4.69) is 34.6 Å². The summed E-state index contributed by atoms with van der Waals surface area (Å²) in [5, 5.41) is 3.56. The molecule has 1 saturated heterocycles. The Morgan fingerprint density at radius 1 is 1.10 bits per heavy atom. The molecule has 0 aliphatic carbocycles. The molecule has 1 N–H and O–H groups in total. The average Bonchev–Trinajstić information content (AvgIpc) is 3.16. The minimum Gasteiger partial charge on any atom is -0.436 e. The third-order valence-corrected chi connectivity index (χ3v) is 4.17. The fourth-order valence-corrected chi connectivity index (χ4v) is 3.09. The number of oxazole rings is 1. The van der Waals surface area contributed by atoms with E-state index in [0.717, 1.165) is 35.5 Å². The van der Waals surface area contributed by atoms with Gasteiger partial charge >= 0.3 is 0 Å². The third-order valence-electron chi connectivity index (χ3n) is 4.17. The van der Waals surface area contributed by atoms with Crippen LogP contribution in [0.4, 0.5) is 0 Å². The Balaban J connectivity index is 1.73. The van der Waals surface area contributed by atoms with Crippen LogP contribution in [0.5, 0.6) is 0 Å². The van der Waals surface area contributed by atoms with Gasteiger partial charge in [0.1, 0.15) is 5.52 Å². The molecule has 0 spiro atoms. The van der Waals surface area contributed by atoms with E-state index < -0.39 is 0 Å². The molecule has 1 aliphatic rings. The molecule has 0 radical (unpaired) electrons. The highest BCUT2D eigenvalue weighted by Crippen LogP contribution is 2.28. The Kier molecular flexibility index (Phi) is 3.20. The van der Waals surface area contributed by atoms with Gasteiger partial charge in [-0.15, -0.1) is 0 Å². The molecule has 21 heavy (non-hydrogen) atoms. The van der Waals surface area contributed by atoms with Gasteiger partial charge in [0.2, 0.25) is 5.89 Å². The van der Waals surface area contributed by atoms with Crippen molar-refractivity contribution >= 4 is 11.1 Å². The first kappa shape index (κ1) is 12.6. The molecule has 2 aromatic carbocycles. The number of rotatable bonds is 3. The number of hydrogen-bond donors (Lipinski definition) is 1. The van der Waals surface area contributed by atoms with Crippen molar-refractivity contribution in [2.45, 2.75) is 25.3 Å². The van der Waals surface area contributed by atoms with Crippen molar-refractivity contribution < 1.29 is 4.42 Å². The molecule has 1 aliphatic heterocycles. The minimum absolute atomic E-state index is 0.579. The highest BCUT2D eigenvalue weighted by Gasteiger charge is 2.18. The first-order valence-electron chi connectivity index (χ1n) is 7.57. The van der Waals surface area contributed by atoms with Crippen molar-refractivity contribution in [3.63, 3.8) is 0 Å². The van der Waals surface area contributed by atoms with Gasteiger partial charge in [0.15, 0.2) is 5.58 Å². The molecule has 0 amide bonds. The summed E-state index contributed by atoms with van der Waals surface area (Å²) in [4.78, 5) is 4.63. The van der Waals surface area contributed by atoms with E-state index in [9.17, 15) is 0 Å². The number of hydrogen-bond acceptors (Lipinski definition) is 3. The molecular formula is C18H18N2O. The Morgan fingerprint density at radius 3 is 2.81 bits per heavy atom. The zero-order valence-electron chi connectivity index (χ0n) is 11.9. The summed E-state index contributed by atoms with van der Waals surface area (Å²) < 4.78 is 5.93. The van der Waals surface area contributed by atoms with Crippen molar-refractivity contribution in [1.29, 1.82) is 0 Å². The van der Waals surface area contributed by atoms with E-state index >= 15 is 0 Å². The van der Waals surface area contributed by atoms with Crippen molar-refractivity contribution in [3.05, 3.63) is 54.1 Å². The number of benzene rings is 2. The van der Waals surface area contributed by atoms with E-state index in [1.807, 2.05) is 24.3 Å². The molecule has 0 saturated carbocycles. The van der Waals surface area contributed by atoms with Gasteiger partial charge in [-0.25, -0.2) is 4.98 Å². The van der Waals surface area contributed by atoms with Crippen molar-refractivity contribution in [2.75, 3.05) is 6.54 Å². The summed E-state index contributed by atoms with van der Waals surface area (Å²) in [6.07, 6.45) is 3.56. The van der Waals surface area contributed by atoms with E-state index in [1.54, 1.807) is 0 Å². The summed E-state index contributed by atoms with van der Waals surface area (Å²) in [5.74, 6) is 0.727. The summed E-state index contributed by atoms with van der Waals surface area (Å²) in [5.41, 5.74) is 4.19. The van der Waals surface area contributed by atoms with Gasteiger partial charge in [-0.05, 0) is 49.6 Å². The van der Waals surface area contributed by atoms with E-state index in [1.165, 1.54) is 18.4 Å². The number of fused-ring (bicyclic) bond motifs is 1. The number of nitrogens with one attached hydrogen (secondary N) is 1. The Bertz CT molecular complexity index is 724. The predicted octanol–water partition coefficient (Wildman–Crippen LogP) is 3.79. The maximum Gasteiger partial charge on any atom is 0.227 e. The minimum atomic E-state index is 0.579. The fraction of sp³-hybridized carbons (Fsp3) is 0.278. The Morgan fingerprint density at radius 2 is 1.95 bits per heavy atom. The zero-order chi connectivity index (χ0) is 14.1. The number of aromatic nitrogens is 1. The molecule has 1 fully saturated rings. The highest BCUT2D eigenvalue weighted by atomic mass is 16.3. The van der Waals surface area contributed by atoms with Crippen molar-refractivity contribution in [1.82, 2.24) is 10.3 Å². The summed E-state index contributed by atoms with van der Waals surface area (Å²) in [7, 11) is 0. The standard InChI is InChI=1S/C18H18N2O/c1-2-8-15(13(6-1)12-14-7-5-11-19-14)18-20-16-9-3-4-10-17(16)21-18/h1-4,6,8-10,14,19H,5,7,11-12H2. The van der Waals surface area contributed by atoms with Crippen molar-refractivity contribution in [2.24, 2.45) is 0 Å². The highest BCUT2D eigenvalue weighted by molar-refractivity contribution is 5.76. The van der Waals surface area contributed by atoms with E-state index in [-0.39, 0.29) is 0 Å². The second-order valence-electron chi connectivity index (χ2n) is 5.64. The normalized spacial score (nSPS) is 18.4. The van der Waals surface area contributed by atoms with Crippen LogP contribution in [0.3, 0.4) is 0 Å². The second-order valence-corrected chi connectivity index (χ2v) is 5.64. The van der Waals surface area contributed by atoms with Crippen LogP contribution in [-0.2, 0) is 6.42 Å². The van der Waals surface area contributed by atoms with Crippen LogP contribution in [0.2, 0.25) is 0 Å². The van der Waals surface area contributed by atoms with Gasteiger partial charge in [-0.1, -0.05) is 30.3 Å². The fourth-order valence-electron chi connectivity index (χ4n) is 3.09. The molecule has 1 unspecified atom stereocenters. The number of nitrogens with zero attached hydrogens (tertiary/aromatic N) is 1. The first-order valence-corrected chi connectivity index (χ1v) is 7.57. The lowest BCUT2D eigenvalue weighted by molar-refractivity contribution is 0.596. The van der Waals surface area contributed by atoms with Crippen LogP contribution in [0, 0.1) is 0 Å². The van der Waals surface area contributed by atoms with Gasteiger partial charge in [-0.3, -0.25) is 0 Å². The van der Waals surface area contributed by atoms with Gasteiger partial charge in [0.25, 0.3) is 0 Å². The van der Waals surface area contributed by atoms with Crippen LogP contribution in [-0.4, -0.2) is 17.6 Å². The maximum atomic E-state index is 5.93. The van der Waals surface area contributed by atoms with Gasteiger partial charge in [0.05, 0.1) is 0 Å². The van der Waals surface area contributed by atoms with Gasteiger partial charge < -0.3 is 9.73 Å². The van der Waals surface area contributed by atoms with Crippen LogP contribution in [0.15, 0.2) is 52.9 Å². The Labute approximate surface area is 124 Å². The van der Waals surface area contributed by atoms with Crippen LogP contribution < -0.4 is 5.32 Å². The molecule has 4 rings (SSSR count). The third kappa shape index (κ3) is 2.45. The molecule has 0 bridgehead atoms. The smallest absolute Gasteiger partial charge is 0.227 e. The van der Waals surface area contributed by atoms with E-state index in [0.29, 0.717) is 6.04 Å². The maximum absolute atomic E-state index is 5.93. The molecule has 1 aromatic heterocycles. The molecule has 1 atom stereocenters. The quantitative estimate of drug-likeness (QED) is 0.792. The largest absolute Gasteiger partial charge is 0.436 e. The summed E-state index contributed by atoms with van der Waals surface area (Å²) >= 11 is 0. The predicted molar refractivity (Wildman–Crippen MR) is 84.2 cm³/mol. The topological polar surface area (TPSA) is 38.1 Å². The molecule has 2 heterocycles.